The molecule has 88 valence electrons. The van der Waals surface area contributed by atoms with E-state index in [1.165, 1.54) is 0 Å². The molecule has 0 amide bonds. The van der Waals surface area contributed by atoms with Crippen LogP contribution in [0.15, 0.2) is 0 Å². The van der Waals surface area contributed by atoms with E-state index >= 15 is 0 Å². The Hall–Kier alpha value is -0.110. The van der Waals surface area contributed by atoms with Crippen molar-refractivity contribution >= 4 is 0 Å². The van der Waals surface area contributed by atoms with Crippen LogP contribution in [0.1, 0.15) is 47.0 Å². The average Bonchev–Trinajstić information content (AvgIpc) is 2.54. The van der Waals surface area contributed by atoms with Gasteiger partial charge in [-0.1, -0.05) is 20.8 Å². The quantitative estimate of drug-likeness (QED) is 0.648. The molecule has 0 bridgehead atoms. The van der Waals surface area contributed by atoms with Gasteiger partial charge in [0.05, 0.1) is 12.2 Å². The van der Waals surface area contributed by atoms with Crippen LogP contribution in [0.3, 0.4) is 0 Å². The van der Waals surface area contributed by atoms with E-state index in [1.807, 2.05) is 0 Å². The second-order valence-corrected chi connectivity index (χ2v) is 6.48. The SMILES string of the molecule is CC1OC(CC(C)(C)C)C2C(F)CCC12. The van der Waals surface area contributed by atoms with Crippen LogP contribution >= 0.6 is 0 Å². The molecule has 0 aromatic rings. The molecule has 1 aliphatic carbocycles. The monoisotopic (exact) mass is 214 g/mol. The lowest BCUT2D eigenvalue weighted by Gasteiger charge is -2.27. The molecule has 2 aliphatic rings. The highest BCUT2D eigenvalue weighted by molar-refractivity contribution is 4.98. The Morgan fingerprint density at radius 3 is 2.53 bits per heavy atom. The highest BCUT2D eigenvalue weighted by atomic mass is 19.1. The fourth-order valence-corrected chi connectivity index (χ4v) is 3.32. The maximum absolute atomic E-state index is 13.8. The molecule has 2 fully saturated rings. The highest BCUT2D eigenvalue weighted by Crippen LogP contribution is 2.48. The first-order chi connectivity index (χ1) is 6.88. The molecule has 5 unspecified atom stereocenters. The van der Waals surface area contributed by atoms with Crippen LogP contribution in [-0.4, -0.2) is 18.4 Å². The molecule has 5 atom stereocenters. The van der Waals surface area contributed by atoms with Gasteiger partial charge in [-0.2, -0.15) is 0 Å². The predicted octanol–water partition coefficient (Wildman–Crippen LogP) is 3.57. The predicted molar refractivity (Wildman–Crippen MR) is 59.5 cm³/mol. The summed E-state index contributed by atoms with van der Waals surface area (Å²) in [5, 5.41) is 0. The molecular weight excluding hydrogens is 191 g/mol. The zero-order chi connectivity index (χ0) is 11.2. The topological polar surface area (TPSA) is 9.23 Å². The van der Waals surface area contributed by atoms with Gasteiger partial charge in [0.2, 0.25) is 0 Å². The Bertz CT molecular complexity index is 233. The van der Waals surface area contributed by atoms with E-state index in [2.05, 4.69) is 27.7 Å². The van der Waals surface area contributed by atoms with Gasteiger partial charge in [-0.15, -0.1) is 0 Å². The first kappa shape index (κ1) is 11.4. The van der Waals surface area contributed by atoms with E-state index in [0.717, 1.165) is 19.3 Å². The van der Waals surface area contributed by atoms with Crippen LogP contribution in [-0.2, 0) is 4.74 Å². The van der Waals surface area contributed by atoms with Crippen molar-refractivity contribution in [3.8, 4) is 0 Å². The van der Waals surface area contributed by atoms with Gasteiger partial charge in [0, 0.05) is 5.92 Å². The third kappa shape index (κ3) is 2.20. The van der Waals surface area contributed by atoms with Crippen LogP contribution in [0.4, 0.5) is 4.39 Å². The number of fused-ring (bicyclic) bond motifs is 1. The second-order valence-electron chi connectivity index (χ2n) is 6.48. The lowest BCUT2D eigenvalue weighted by atomic mass is 9.81. The summed E-state index contributed by atoms with van der Waals surface area (Å²) in [5.74, 6) is 0.659. The third-order valence-electron chi connectivity index (χ3n) is 3.92. The summed E-state index contributed by atoms with van der Waals surface area (Å²) < 4.78 is 19.7. The molecule has 0 radical (unpaired) electrons. The molecule has 1 saturated carbocycles. The van der Waals surface area contributed by atoms with Crippen LogP contribution in [0.5, 0.6) is 0 Å². The number of alkyl halides is 1. The van der Waals surface area contributed by atoms with E-state index in [4.69, 9.17) is 4.74 Å². The van der Waals surface area contributed by atoms with E-state index in [0.29, 0.717) is 5.92 Å². The van der Waals surface area contributed by atoms with Crippen molar-refractivity contribution in [2.24, 2.45) is 17.3 Å². The summed E-state index contributed by atoms with van der Waals surface area (Å²) >= 11 is 0. The minimum atomic E-state index is -0.618. The first-order valence-electron chi connectivity index (χ1n) is 6.18. The fourth-order valence-electron chi connectivity index (χ4n) is 3.32. The fraction of sp³-hybridized carbons (Fsp3) is 1.00. The van der Waals surface area contributed by atoms with E-state index < -0.39 is 6.17 Å². The standard InChI is InChI=1S/C13H23FO/c1-8-9-5-6-10(14)12(9)11(15-8)7-13(2,3)4/h8-12H,5-7H2,1-4H3. The third-order valence-corrected chi connectivity index (χ3v) is 3.92. The summed E-state index contributed by atoms with van der Waals surface area (Å²) in [7, 11) is 0. The number of halogens is 1. The average molecular weight is 214 g/mol. The van der Waals surface area contributed by atoms with Crippen LogP contribution < -0.4 is 0 Å². The van der Waals surface area contributed by atoms with Crippen molar-refractivity contribution in [2.75, 3.05) is 0 Å². The maximum Gasteiger partial charge on any atom is 0.106 e. The van der Waals surface area contributed by atoms with E-state index in [1.54, 1.807) is 0 Å². The summed E-state index contributed by atoms with van der Waals surface area (Å²) in [6.07, 6.45) is 2.56. The van der Waals surface area contributed by atoms with Crippen molar-refractivity contribution in [1.29, 1.82) is 0 Å². The van der Waals surface area contributed by atoms with Gasteiger partial charge in [-0.25, -0.2) is 4.39 Å². The number of ether oxygens (including phenoxy) is 1. The lowest BCUT2D eigenvalue weighted by molar-refractivity contribution is 0.00104. The van der Waals surface area contributed by atoms with Gasteiger partial charge in [-0.3, -0.25) is 0 Å². The molecule has 1 heterocycles. The van der Waals surface area contributed by atoms with Crippen LogP contribution in [0, 0.1) is 17.3 Å². The van der Waals surface area contributed by atoms with E-state index in [9.17, 15) is 4.39 Å². The lowest BCUT2D eigenvalue weighted by Crippen LogP contribution is -2.28. The van der Waals surface area contributed by atoms with Gasteiger partial charge in [0.1, 0.15) is 6.17 Å². The molecular formula is C13H23FO. The van der Waals surface area contributed by atoms with Crippen LogP contribution in [0.2, 0.25) is 0 Å². The van der Waals surface area contributed by atoms with Crippen molar-refractivity contribution in [2.45, 2.75) is 65.3 Å². The minimum absolute atomic E-state index is 0.155. The normalized spacial score (nSPS) is 45.8. The molecule has 0 N–H and O–H groups in total. The molecule has 0 aromatic carbocycles. The Morgan fingerprint density at radius 1 is 1.27 bits per heavy atom. The highest BCUT2D eigenvalue weighted by Gasteiger charge is 2.50. The Morgan fingerprint density at radius 2 is 1.93 bits per heavy atom. The van der Waals surface area contributed by atoms with Gasteiger partial charge in [0.15, 0.2) is 0 Å². The number of hydrogen-bond acceptors (Lipinski definition) is 1. The molecule has 15 heavy (non-hydrogen) atoms. The Kier molecular flexibility index (Phi) is 2.83. The smallest absolute Gasteiger partial charge is 0.106 e. The summed E-state index contributed by atoms with van der Waals surface area (Å²) in [6.45, 7) is 8.72. The molecule has 1 saturated heterocycles. The van der Waals surface area contributed by atoms with Gasteiger partial charge in [0.25, 0.3) is 0 Å². The molecule has 0 spiro atoms. The van der Waals surface area contributed by atoms with Gasteiger partial charge < -0.3 is 4.74 Å². The van der Waals surface area contributed by atoms with Crippen molar-refractivity contribution in [1.82, 2.24) is 0 Å². The van der Waals surface area contributed by atoms with Gasteiger partial charge in [-0.05, 0) is 37.5 Å². The molecule has 1 aliphatic heterocycles. The van der Waals surface area contributed by atoms with E-state index in [-0.39, 0.29) is 23.5 Å². The molecule has 2 heteroatoms. The molecule has 1 nitrogen and oxygen atoms in total. The number of rotatable bonds is 1. The maximum atomic E-state index is 13.8. The summed E-state index contributed by atoms with van der Waals surface area (Å²) in [4.78, 5) is 0. The molecule has 0 aromatic heterocycles. The minimum Gasteiger partial charge on any atom is -0.375 e. The zero-order valence-corrected chi connectivity index (χ0v) is 10.3. The first-order valence-corrected chi connectivity index (χ1v) is 6.18. The Labute approximate surface area is 92.4 Å². The summed E-state index contributed by atoms with van der Waals surface area (Å²) in [6, 6.07) is 0. The van der Waals surface area contributed by atoms with Crippen molar-refractivity contribution in [3.05, 3.63) is 0 Å². The zero-order valence-electron chi connectivity index (χ0n) is 10.3. The van der Waals surface area contributed by atoms with Crippen molar-refractivity contribution in [3.63, 3.8) is 0 Å². The second kappa shape index (κ2) is 3.73. The Balaban J connectivity index is 2.07. The van der Waals surface area contributed by atoms with Crippen molar-refractivity contribution < 1.29 is 9.13 Å². The summed E-state index contributed by atoms with van der Waals surface area (Å²) in [5.41, 5.74) is 0.238. The molecule has 2 rings (SSSR count). The number of hydrogen-bond donors (Lipinski definition) is 0. The van der Waals surface area contributed by atoms with Gasteiger partial charge >= 0.3 is 0 Å². The largest absolute Gasteiger partial charge is 0.375 e. The van der Waals surface area contributed by atoms with Crippen LogP contribution in [0.25, 0.3) is 0 Å².